The van der Waals surface area contributed by atoms with Gasteiger partial charge in [-0.3, -0.25) is 9.59 Å². The van der Waals surface area contributed by atoms with Gasteiger partial charge in [0, 0.05) is 24.1 Å². The van der Waals surface area contributed by atoms with E-state index in [1.807, 2.05) is 91.0 Å². The Kier molecular flexibility index (Phi) is 6.00. The topological polar surface area (TPSA) is 46.2 Å². The number of carbonyl (C=O) groups excluding carboxylic acids is 2. The molecule has 0 aliphatic carbocycles. The summed E-state index contributed by atoms with van der Waals surface area (Å²) in [5.41, 5.74) is 3.55. The fourth-order valence-electron chi connectivity index (χ4n) is 3.49. The molecular formula is C27H23NO2. The predicted molar refractivity (Wildman–Crippen MR) is 121 cm³/mol. The highest BCUT2D eigenvalue weighted by atomic mass is 16.1. The Labute approximate surface area is 176 Å². The van der Waals surface area contributed by atoms with Gasteiger partial charge in [0.25, 0.3) is 5.91 Å². The van der Waals surface area contributed by atoms with Crippen LogP contribution in [0.3, 0.4) is 0 Å². The van der Waals surface area contributed by atoms with Crippen molar-refractivity contribution in [2.45, 2.75) is 19.4 Å². The van der Waals surface area contributed by atoms with Crippen LogP contribution in [0.4, 0.5) is 0 Å². The number of fused-ring (bicyclic) bond motifs is 1. The molecule has 4 aromatic rings. The number of rotatable bonds is 7. The van der Waals surface area contributed by atoms with Gasteiger partial charge >= 0.3 is 0 Å². The second-order valence-electron chi connectivity index (χ2n) is 7.35. The molecule has 0 aliphatic heterocycles. The van der Waals surface area contributed by atoms with Gasteiger partial charge in [0.2, 0.25) is 0 Å². The van der Waals surface area contributed by atoms with E-state index in [2.05, 4.69) is 5.32 Å². The second kappa shape index (κ2) is 9.19. The van der Waals surface area contributed by atoms with Crippen molar-refractivity contribution >= 4 is 22.5 Å². The number of Topliss-reactive ketones (excluding diaryl/α,β-unsaturated/α-hetero) is 1. The van der Waals surface area contributed by atoms with E-state index >= 15 is 0 Å². The number of hydrogen-bond acceptors (Lipinski definition) is 2. The molecule has 4 rings (SSSR count). The Bertz CT molecular complexity index is 1070. The average Bonchev–Trinajstić information content (AvgIpc) is 2.81. The minimum absolute atomic E-state index is 0.108. The van der Waals surface area contributed by atoms with Crippen LogP contribution in [0.25, 0.3) is 10.8 Å². The Morgan fingerprint density at radius 3 is 1.87 bits per heavy atom. The number of hydrogen-bond donors (Lipinski definition) is 1. The van der Waals surface area contributed by atoms with Crippen molar-refractivity contribution in [1.29, 1.82) is 0 Å². The monoisotopic (exact) mass is 393 g/mol. The summed E-state index contributed by atoms with van der Waals surface area (Å²) in [4.78, 5) is 25.1. The van der Waals surface area contributed by atoms with Gasteiger partial charge < -0.3 is 5.32 Å². The van der Waals surface area contributed by atoms with Crippen LogP contribution in [-0.4, -0.2) is 11.7 Å². The summed E-state index contributed by atoms with van der Waals surface area (Å²) in [5.74, 6) is 0.0224. The van der Waals surface area contributed by atoms with E-state index in [9.17, 15) is 9.59 Å². The molecule has 1 N–H and O–H groups in total. The summed E-state index contributed by atoms with van der Waals surface area (Å²) in [7, 11) is 0. The first-order valence-corrected chi connectivity index (χ1v) is 10.1. The van der Waals surface area contributed by atoms with Gasteiger partial charge in [0.15, 0.2) is 5.78 Å². The molecule has 3 heteroatoms. The third kappa shape index (κ3) is 4.81. The molecule has 0 fully saturated rings. The normalized spacial score (nSPS) is 10.7. The van der Waals surface area contributed by atoms with Gasteiger partial charge in [-0.1, -0.05) is 78.9 Å². The first-order valence-electron chi connectivity index (χ1n) is 10.1. The minimum Gasteiger partial charge on any atom is -0.348 e. The fourth-order valence-corrected chi connectivity index (χ4v) is 3.49. The zero-order valence-corrected chi connectivity index (χ0v) is 16.7. The molecule has 0 unspecified atom stereocenters. The van der Waals surface area contributed by atoms with Gasteiger partial charge in [-0.15, -0.1) is 0 Å². The van der Waals surface area contributed by atoms with Crippen molar-refractivity contribution in [3.05, 3.63) is 119 Å². The van der Waals surface area contributed by atoms with E-state index in [1.54, 1.807) is 6.07 Å². The van der Waals surface area contributed by atoms with E-state index in [4.69, 9.17) is 0 Å². The third-order valence-electron chi connectivity index (χ3n) is 5.20. The van der Waals surface area contributed by atoms with Crippen molar-refractivity contribution in [3.63, 3.8) is 0 Å². The highest BCUT2D eigenvalue weighted by Gasteiger charge is 2.10. The van der Waals surface area contributed by atoms with Crippen LogP contribution in [0.2, 0.25) is 0 Å². The summed E-state index contributed by atoms with van der Waals surface area (Å²) in [6.45, 7) is 0.493. The Morgan fingerprint density at radius 1 is 0.633 bits per heavy atom. The smallest absolute Gasteiger partial charge is 0.251 e. The minimum atomic E-state index is -0.108. The molecule has 0 saturated carbocycles. The number of benzene rings is 4. The molecule has 4 aromatic carbocycles. The quantitative estimate of drug-likeness (QED) is 0.416. The molecule has 148 valence electrons. The molecule has 0 heterocycles. The Morgan fingerprint density at radius 2 is 1.20 bits per heavy atom. The Hall–Kier alpha value is -3.72. The zero-order valence-electron chi connectivity index (χ0n) is 16.7. The lowest BCUT2D eigenvalue weighted by Gasteiger charge is -2.08. The number of ketones is 1. The molecule has 0 radical (unpaired) electrons. The molecular weight excluding hydrogens is 370 g/mol. The summed E-state index contributed by atoms with van der Waals surface area (Å²) >= 11 is 0. The van der Waals surface area contributed by atoms with Gasteiger partial charge in [0.05, 0.1) is 0 Å². The number of carbonyl (C=O) groups is 2. The van der Waals surface area contributed by atoms with Crippen LogP contribution < -0.4 is 5.32 Å². The molecule has 3 nitrogen and oxygen atoms in total. The van der Waals surface area contributed by atoms with Gasteiger partial charge in [-0.2, -0.15) is 0 Å². The molecule has 0 aliphatic rings. The standard InChI is InChI=1S/C27H23NO2/c29-26(16-11-20-7-3-1-4-8-20)24-14-12-23-18-25(15-13-22(23)17-24)27(30)28-19-21-9-5-2-6-10-21/h1-10,12-15,17-18H,11,16,19H2,(H,28,30). The van der Waals surface area contributed by atoms with E-state index < -0.39 is 0 Å². The fraction of sp³-hybridized carbons (Fsp3) is 0.111. The van der Waals surface area contributed by atoms with Crippen LogP contribution in [-0.2, 0) is 13.0 Å². The van der Waals surface area contributed by atoms with Crippen molar-refractivity contribution in [3.8, 4) is 0 Å². The predicted octanol–water partition coefficient (Wildman–Crippen LogP) is 5.59. The van der Waals surface area contributed by atoms with Gasteiger partial charge in [-0.05, 0) is 46.5 Å². The summed E-state index contributed by atoms with van der Waals surface area (Å²) in [5, 5.41) is 4.85. The lowest BCUT2D eigenvalue weighted by Crippen LogP contribution is -2.22. The van der Waals surface area contributed by atoms with Crippen LogP contribution in [0.5, 0.6) is 0 Å². The van der Waals surface area contributed by atoms with Crippen LogP contribution in [0, 0.1) is 0 Å². The average molecular weight is 393 g/mol. The summed E-state index contributed by atoms with van der Waals surface area (Å²) in [6.07, 6.45) is 1.22. The van der Waals surface area contributed by atoms with Crippen LogP contribution >= 0.6 is 0 Å². The molecule has 30 heavy (non-hydrogen) atoms. The first kappa shape index (κ1) is 19.6. The highest BCUT2D eigenvalue weighted by Crippen LogP contribution is 2.20. The number of amides is 1. The molecule has 0 spiro atoms. The SMILES string of the molecule is O=C(CCc1ccccc1)c1ccc2cc(C(=O)NCc3ccccc3)ccc2c1. The largest absolute Gasteiger partial charge is 0.348 e. The second-order valence-corrected chi connectivity index (χ2v) is 7.35. The number of aryl methyl sites for hydroxylation is 1. The van der Waals surface area contributed by atoms with E-state index in [0.717, 1.165) is 28.3 Å². The maximum atomic E-state index is 12.6. The maximum Gasteiger partial charge on any atom is 0.251 e. The van der Waals surface area contributed by atoms with Crippen molar-refractivity contribution in [1.82, 2.24) is 5.32 Å². The van der Waals surface area contributed by atoms with Crippen molar-refractivity contribution in [2.24, 2.45) is 0 Å². The third-order valence-corrected chi connectivity index (χ3v) is 5.20. The molecule has 0 atom stereocenters. The van der Waals surface area contributed by atoms with E-state index in [-0.39, 0.29) is 11.7 Å². The molecule has 0 bridgehead atoms. The van der Waals surface area contributed by atoms with Crippen LogP contribution in [0.1, 0.15) is 38.3 Å². The molecule has 0 aromatic heterocycles. The number of nitrogens with one attached hydrogen (secondary N) is 1. The van der Waals surface area contributed by atoms with Gasteiger partial charge in [-0.25, -0.2) is 0 Å². The van der Waals surface area contributed by atoms with Gasteiger partial charge in [0.1, 0.15) is 0 Å². The summed E-state index contributed by atoms with van der Waals surface area (Å²) < 4.78 is 0. The molecule has 0 saturated heterocycles. The van der Waals surface area contributed by atoms with E-state index in [0.29, 0.717) is 24.1 Å². The lowest BCUT2D eigenvalue weighted by atomic mass is 9.99. The Balaban J connectivity index is 1.42. The molecule has 1 amide bonds. The lowest BCUT2D eigenvalue weighted by molar-refractivity contribution is 0.0949. The highest BCUT2D eigenvalue weighted by molar-refractivity contribution is 6.02. The van der Waals surface area contributed by atoms with E-state index in [1.165, 1.54) is 0 Å². The zero-order chi connectivity index (χ0) is 20.8. The van der Waals surface area contributed by atoms with Crippen molar-refractivity contribution in [2.75, 3.05) is 0 Å². The van der Waals surface area contributed by atoms with Crippen molar-refractivity contribution < 1.29 is 9.59 Å². The first-order chi connectivity index (χ1) is 14.7. The maximum absolute atomic E-state index is 12.6. The van der Waals surface area contributed by atoms with Crippen LogP contribution in [0.15, 0.2) is 97.1 Å². The summed E-state index contributed by atoms with van der Waals surface area (Å²) in [6, 6.07) is 31.1.